The van der Waals surface area contributed by atoms with Gasteiger partial charge in [-0.2, -0.15) is 0 Å². The Hall–Kier alpha value is -3.58. The van der Waals surface area contributed by atoms with Crippen LogP contribution in [0.4, 0.5) is 4.79 Å². The van der Waals surface area contributed by atoms with Crippen LogP contribution in [0.15, 0.2) is 66.7 Å². The Kier molecular flexibility index (Phi) is 6.51. The molecule has 172 valence electrons. The summed E-state index contributed by atoms with van der Waals surface area (Å²) in [4.78, 5) is 26.5. The number of fused-ring (bicyclic) bond motifs is 1. The maximum Gasteiger partial charge on any atom is 0.325 e. The van der Waals surface area contributed by atoms with Crippen LogP contribution in [0, 0.1) is 0 Å². The molecule has 3 aromatic rings. The highest BCUT2D eigenvalue weighted by Crippen LogP contribution is 2.25. The number of β-amino-alcohol motifs (C(OH)–C–C–N with tert-alkyl or cyclic N) is 1. The summed E-state index contributed by atoms with van der Waals surface area (Å²) < 4.78 is 10.9. The second-order valence-corrected chi connectivity index (χ2v) is 8.50. The Morgan fingerprint density at radius 1 is 1.00 bits per heavy atom. The molecule has 7 nitrogen and oxygen atoms in total. The molecule has 2 N–H and O–H groups in total. The minimum atomic E-state index is -1.02. The zero-order valence-electron chi connectivity index (χ0n) is 18.8. The van der Waals surface area contributed by atoms with Crippen molar-refractivity contribution in [1.82, 2.24) is 10.2 Å². The lowest BCUT2D eigenvalue weighted by Crippen LogP contribution is -2.45. The number of nitrogens with zero attached hydrogens (tertiary/aromatic N) is 1. The fourth-order valence-corrected chi connectivity index (χ4v) is 3.98. The minimum absolute atomic E-state index is 0.0298. The number of aryl methyl sites for hydroxylation is 1. The minimum Gasteiger partial charge on any atom is -0.497 e. The Balaban J connectivity index is 1.32. The first kappa shape index (κ1) is 22.6. The Bertz CT molecular complexity index is 1150. The van der Waals surface area contributed by atoms with Gasteiger partial charge < -0.3 is 19.9 Å². The number of hydrogen-bond donors (Lipinski definition) is 2. The van der Waals surface area contributed by atoms with Gasteiger partial charge in [0.05, 0.1) is 13.7 Å². The molecule has 2 unspecified atom stereocenters. The van der Waals surface area contributed by atoms with Gasteiger partial charge in [-0.15, -0.1) is 0 Å². The van der Waals surface area contributed by atoms with E-state index in [9.17, 15) is 14.7 Å². The summed E-state index contributed by atoms with van der Waals surface area (Å²) in [5.41, 5.74) is 0.0250. The van der Waals surface area contributed by atoms with Gasteiger partial charge in [-0.3, -0.25) is 9.69 Å². The summed E-state index contributed by atoms with van der Waals surface area (Å²) >= 11 is 0. The number of carbonyl (C=O) groups is 2. The Morgan fingerprint density at radius 3 is 2.42 bits per heavy atom. The molecule has 0 radical (unpaired) electrons. The molecule has 0 aromatic heterocycles. The van der Waals surface area contributed by atoms with Crippen LogP contribution >= 0.6 is 0 Å². The zero-order chi connectivity index (χ0) is 23.4. The second-order valence-electron chi connectivity index (χ2n) is 8.50. The fourth-order valence-electron chi connectivity index (χ4n) is 3.98. The second kappa shape index (κ2) is 9.50. The maximum absolute atomic E-state index is 13.0. The average Bonchev–Trinajstić information content (AvgIpc) is 3.04. The number of amides is 3. The molecule has 0 saturated carbocycles. The summed E-state index contributed by atoms with van der Waals surface area (Å²) in [6.07, 6.45) is 0.0630. The fraction of sp³-hybridized carbons (Fsp3) is 0.308. The molecular weight excluding hydrogens is 420 g/mol. The topological polar surface area (TPSA) is 88.1 Å². The summed E-state index contributed by atoms with van der Waals surface area (Å²) in [7, 11) is 1.61. The number of nitrogens with one attached hydrogen (secondary N) is 1. The van der Waals surface area contributed by atoms with E-state index < -0.39 is 17.7 Å². The van der Waals surface area contributed by atoms with Crippen LogP contribution in [0.25, 0.3) is 10.8 Å². The normalized spacial score (nSPS) is 18.9. The SMILES string of the molecule is COc1ccc(CCC2(C)NC(=O)N(CC(O)COc3ccc4ccccc4c3)C2=O)cc1. The summed E-state index contributed by atoms with van der Waals surface area (Å²) in [5.74, 6) is 1.04. The van der Waals surface area contributed by atoms with Crippen molar-refractivity contribution >= 4 is 22.7 Å². The van der Waals surface area contributed by atoms with E-state index in [-0.39, 0.29) is 19.1 Å². The number of hydrogen-bond acceptors (Lipinski definition) is 5. The largest absolute Gasteiger partial charge is 0.497 e. The van der Waals surface area contributed by atoms with Crippen molar-refractivity contribution in [2.45, 2.75) is 31.4 Å². The van der Waals surface area contributed by atoms with Crippen molar-refractivity contribution < 1.29 is 24.2 Å². The van der Waals surface area contributed by atoms with E-state index in [1.165, 1.54) is 0 Å². The smallest absolute Gasteiger partial charge is 0.325 e. The molecule has 1 aliphatic rings. The summed E-state index contributed by atoms with van der Waals surface area (Å²) in [5, 5.41) is 15.3. The molecule has 0 aliphatic carbocycles. The summed E-state index contributed by atoms with van der Waals surface area (Å²) in [6, 6.07) is 20.7. The molecule has 3 aromatic carbocycles. The van der Waals surface area contributed by atoms with E-state index >= 15 is 0 Å². The molecule has 3 amide bonds. The van der Waals surface area contributed by atoms with Gasteiger partial charge in [0.2, 0.25) is 0 Å². The van der Waals surface area contributed by atoms with Crippen LogP contribution in [0.5, 0.6) is 11.5 Å². The molecule has 1 saturated heterocycles. The number of aliphatic hydroxyl groups excluding tert-OH is 1. The lowest BCUT2D eigenvalue weighted by atomic mass is 9.93. The van der Waals surface area contributed by atoms with Crippen LogP contribution in [0.3, 0.4) is 0 Å². The first-order chi connectivity index (χ1) is 15.9. The highest BCUT2D eigenvalue weighted by molar-refractivity contribution is 6.06. The lowest BCUT2D eigenvalue weighted by molar-refractivity contribution is -0.132. The molecule has 0 bridgehead atoms. The molecular formula is C26H28N2O5. The van der Waals surface area contributed by atoms with Gasteiger partial charge in [0.25, 0.3) is 5.91 Å². The zero-order valence-corrected chi connectivity index (χ0v) is 18.8. The van der Waals surface area contributed by atoms with Crippen LogP contribution < -0.4 is 14.8 Å². The molecule has 1 heterocycles. The number of aliphatic hydroxyl groups is 1. The first-order valence-corrected chi connectivity index (χ1v) is 10.9. The number of benzene rings is 3. The monoisotopic (exact) mass is 448 g/mol. The number of carbonyl (C=O) groups excluding carboxylic acids is 2. The number of methoxy groups -OCH3 is 1. The predicted molar refractivity (Wildman–Crippen MR) is 125 cm³/mol. The van der Waals surface area contributed by atoms with Crippen molar-refractivity contribution in [2.24, 2.45) is 0 Å². The number of ether oxygens (including phenoxy) is 2. The van der Waals surface area contributed by atoms with Gasteiger partial charge in [0, 0.05) is 0 Å². The van der Waals surface area contributed by atoms with Crippen LogP contribution in [0.2, 0.25) is 0 Å². The standard InChI is InChI=1S/C26H28N2O5/c1-26(14-13-18-7-10-22(32-2)11-8-18)24(30)28(25(31)27-26)16-21(29)17-33-23-12-9-19-5-3-4-6-20(19)15-23/h3-12,15,21,29H,13-14,16-17H2,1-2H3,(H,27,31). The van der Waals surface area contributed by atoms with Gasteiger partial charge in [-0.05, 0) is 60.4 Å². The number of urea groups is 1. The van der Waals surface area contributed by atoms with Gasteiger partial charge in [-0.25, -0.2) is 4.79 Å². The van der Waals surface area contributed by atoms with E-state index in [0.717, 1.165) is 27.0 Å². The number of rotatable bonds is 9. The highest BCUT2D eigenvalue weighted by Gasteiger charge is 2.47. The third-order valence-electron chi connectivity index (χ3n) is 5.97. The molecule has 4 rings (SSSR count). The Morgan fingerprint density at radius 2 is 1.70 bits per heavy atom. The van der Waals surface area contributed by atoms with Crippen molar-refractivity contribution in [3.05, 3.63) is 72.3 Å². The Labute approximate surface area is 192 Å². The van der Waals surface area contributed by atoms with Crippen molar-refractivity contribution in [2.75, 3.05) is 20.3 Å². The molecule has 2 atom stereocenters. The van der Waals surface area contributed by atoms with E-state index in [0.29, 0.717) is 18.6 Å². The van der Waals surface area contributed by atoms with Crippen LogP contribution in [-0.2, 0) is 11.2 Å². The third kappa shape index (κ3) is 5.09. The average molecular weight is 449 g/mol. The predicted octanol–water partition coefficient (Wildman–Crippen LogP) is 3.53. The van der Waals surface area contributed by atoms with E-state index in [2.05, 4.69) is 5.32 Å². The van der Waals surface area contributed by atoms with Gasteiger partial charge in [0.15, 0.2) is 0 Å². The van der Waals surface area contributed by atoms with Crippen molar-refractivity contribution in [3.63, 3.8) is 0 Å². The molecule has 7 heteroatoms. The molecule has 1 fully saturated rings. The number of imide groups is 1. The molecule has 33 heavy (non-hydrogen) atoms. The van der Waals surface area contributed by atoms with Crippen molar-refractivity contribution in [3.8, 4) is 11.5 Å². The van der Waals surface area contributed by atoms with Gasteiger partial charge in [0.1, 0.15) is 29.7 Å². The highest BCUT2D eigenvalue weighted by atomic mass is 16.5. The molecule has 0 spiro atoms. The molecule has 1 aliphatic heterocycles. The van der Waals surface area contributed by atoms with Crippen molar-refractivity contribution in [1.29, 1.82) is 0 Å². The van der Waals surface area contributed by atoms with E-state index in [1.54, 1.807) is 14.0 Å². The van der Waals surface area contributed by atoms with Crippen LogP contribution in [-0.4, -0.2) is 53.8 Å². The van der Waals surface area contributed by atoms with Crippen LogP contribution in [0.1, 0.15) is 18.9 Å². The van der Waals surface area contributed by atoms with E-state index in [4.69, 9.17) is 9.47 Å². The quantitative estimate of drug-likeness (QED) is 0.489. The van der Waals surface area contributed by atoms with Gasteiger partial charge >= 0.3 is 6.03 Å². The lowest BCUT2D eigenvalue weighted by Gasteiger charge is -2.22. The van der Waals surface area contributed by atoms with Gasteiger partial charge in [-0.1, -0.05) is 42.5 Å². The third-order valence-corrected chi connectivity index (χ3v) is 5.97. The van der Waals surface area contributed by atoms with E-state index in [1.807, 2.05) is 66.7 Å². The maximum atomic E-state index is 13.0. The first-order valence-electron chi connectivity index (χ1n) is 10.9. The summed E-state index contributed by atoms with van der Waals surface area (Å²) in [6.45, 7) is 1.56.